The topological polar surface area (TPSA) is 56.8 Å². The van der Waals surface area contributed by atoms with Crippen molar-refractivity contribution in [3.63, 3.8) is 0 Å². The maximum Gasteiger partial charge on any atom is 0.207 e. The van der Waals surface area contributed by atoms with Crippen molar-refractivity contribution >= 4 is 6.41 Å². The third-order valence-electron chi connectivity index (χ3n) is 1.57. The summed E-state index contributed by atoms with van der Waals surface area (Å²) in [5, 5.41) is 2.51. The molecule has 0 unspecified atom stereocenters. The smallest absolute Gasteiger partial charge is 0.207 e. The van der Waals surface area contributed by atoms with E-state index in [-0.39, 0.29) is 0 Å². The number of carbonyl (C=O) groups is 1. The van der Waals surface area contributed by atoms with Gasteiger partial charge in [0.15, 0.2) is 0 Å². The predicted octanol–water partition coefficient (Wildman–Crippen LogP) is 0.192. The Morgan fingerprint density at radius 1 is 0.933 bits per heavy atom. The first kappa shape index (κ1) is 14.3. The highest BCUT2D eigenvalue weighted by molar-refractivity contribution is 5.45. The van der Waals surface area contributed by atoms with E-state index in [1.165, 1.54) is 0 Å². The summed E-state index contributed by atoms with van der Waals surface area (Å²) in [7, 11) is 0. The zero-order valence-corrected chi connectivity index (χ0v) is 9.37. The van der Waals surface area contributed by atoms with Crippen molar-refractivity contribution in [1.29, 1.82) is 0 Å². The van der Waals surface area contributed by atoms with E-state index in [4.69, 9.17) is 14.2 Å². The third kappa shape index (κ3) is 13.3. The quantitative estimate of drug-likeness (QED) is 0.376. The lowest BCUT2D eigenvalue weighted by Crippen LogP contribution is -2.19. The molecule has 15 heavy (non-hydrogen) atoms. The maximum atomic E-state index is 9.86. The SMILES string of the molecule is CCCOCCOCCOCCNC=O. The minimum absolute atomic E-state index is 0.522. The van der Waals surface area contributed by atoms with Crippen LogP contribution in [-0.4, -0.2) is 52.6 Å². The van der Waals surface area contributed by atoms with Gasteiger partial charge < -0.3 is 19.5 Å². The second kappa shape index (κ2) is 13.4. The molecule has 0 saturated carbocycles. The van der Waals surface area contributed by atoms with E-state index in [2.05, 4.69) is 12.2 Å². The van der Waals surface area contributed by atoms with Gasteiger partial charge in [0, 0.05) is 13.2 Å². The minimum Gasteiger partial charge on any atom is -0.379 e. The van der Waals surface area contributed by atoms with Gasteiger partial charge in [-0.25, -0.2) is 0 Å². The molecule has 90 valence electrons. The molecule has 0 aromatic heterocycles. The standard InChI is InChI=1S/C10H21NO4/c1-2-4-13-6-8-15-9-7-14-5-3-11-10-12/h10H,2-9H2,1H3,(H,11,12). The van der Waals surface area contributed by atoms with E-state index in [1.807, 2.05) is 0 Å². The predicted molar refractivity (Wildman–Crippen MR) is 56.8 cm³/mol. The first-order valence-corrected chi connectivity index (χ1v) is 5.32. The maximum absolute atomic E-state index is 9.86. The molecule has 0 rings (SSSR count). The lowest BCUT2D eigenvalue weighted by Gasteiger charge is -2.05. The van der Waals surface area contributed by atoms with Crippen molar-refractivity contribution in [2.75, 3.05) is 46.2 Å². The van der Waals surface area contributed by atoms with E-state index >= 15 is 0 Å². The molecule has 0 saturated heterocycles. The Hall–Kier alpha value is -0.650. The average molecular weight is 219 g/mol. The Balaban J connectivity index is 2.83. The van der Waals surface area contributed by atoms with Crippen molar-refractivity contribution in [1.82, 2.24) is 5.32 Å². The monoisotopic (exact) mass is 219 g/mol. The van der Waals surface area contributed by atoms with Gasteiger partial charge >= 0.3 is 0 Å². The zero-order chi connectivity index (χ0) is 11.2. The number of rotatable bonds is 12. The first-order valence-electron chi connectivity index (χ1n) is 5.32. The van der Waals surface area contributed by atoms with Crippen LogP contribution < -0.4 is 5.32 Å². The highest BCUT2D eigenvalue weighted by Crippen LogP contribution is 1.82. The zero-order valence-electron chi connectivity index (χ0n) is 9.37. The summed E-state index contributed by atoms with van der Waals surface area (Å²) < 4.78 is 15.7. The van der Waals surface area contributed by atoms with E-state index in [0.29, 0.717) is 46.0 Å². The van der Waals surface area contributed by atoms with E-state index in [0.717, 1.165) is 13.0 Å². The number of carbonyl (C=O) groups excluding carboxylic acids is 1. The van der Waals surface area contributed by atoms with Crippen LogP contribution in [0.3, 0.4) is 0 Å². The molecule has 0 bridgehead atoms. The second-order valence-corrected chi connectivity index (χ2v) is 2.91. The molecule has 0 aliphatic carbocycles. The fourth-order valence-corrected chi connectivity index (χ4v) is 0.876. The number of nitrogens with one attached hydrogen (secondary N) is 1. The number of ether oxygens (including phenoxy) is 3. The summed E-state index contributed by atoms with van der Waals surface area (Å²) in [5.74, 6) is 0. The lowest BCUT2D eigenvalue weighted by molar-refractivity contribution is -0.109. The van der Waals surface area contributed by atoms with Crippen LogP contribution in [0.5, 0.6) is 0 Å². The molecule has 1 amide bonds. The molecule has 0 aromatic carbocycles. The molecule has 0 radical (unpaired) electrons. The molecule has 0 atom stereocenters. The Morgan fingerprint density at radius 3 is 2.00 bits per heavy atom. The van der Waals surface area contributed by atoms with Crippen molar-refractivity contribution < 1.29 is 19.0 Å². The molecular weight excluding hydrogens is 198 g/mol. The van der Waals surface area contributed by atoms with Gasteiger partial charge in [-0.15, -0.1) is 0 Å². The number of hydrogen-bond donors (Lipinski definition) is 1. The Kier molecular flexibility index (Phi) is 12.8. The summed E-state index contributed by atoms with van der Waals surface area (Å²) in [6.07, 6.45) is 1.69. The summed E-state index contributed by atoms with van der Waals surface area (Å²) in [5.41, 5.74) is 0. The van der Waals surface area contributed by atoms with Gasteiger partial charge in [0.05, 0.1) is 33.0 Å². The second-order valence-electron chi connectivity index (χ2n) is 2.91. The van der Waals surface area contributed by atoms with Gasteiger partial charge in [0.2, 0.25) is 6.41 Å². The van der Waals surface area contributed by atoms with Crippen molar-refractivity contribution in [2.24, 2.45) is 0 Å². The van der Waals surface area contributed by atoms with Crippen LogP contribution in [0.4, 0.5) is 0 Å². The van der Waals surface area contributed by atoms with Crippen LogP contribution in [-0.2, 0) is 19.0 Å². The highest BCUT2D eigenvalue weighted by Gasteiger charge is 1.90. The largest absolute Gasteiger partial charge is 0.379 e. The van der Waals surface area contributed by atoms with E-state index < -0.39 is 0 Å². The highest BCUT2D eigenvalue weighted by atomic mass is 16.5. The molecule has 0 fully saturated rings. The van der Waals surface area contributed by atoms with Gasteiger partial charge in [-0.2, -0.15) is 0 Å². The first-order chi connectivity index (χ1) is 7.41. The van der Waals surface area contributed by atoms with Gasteiger partial charge in [-0.3, -0.25) is 4.79 Å². The van der Waals surface area contributed by atoms with Gasteiger partial charge in [-0.05, 0) is 6.42 Å². The number of amides is 1. The van der Waals surface area contributed by atoms with Crippen LogP contribution in [0.25, 0.3) is 0 Å². The van der Waals surface area contributed by atoms with Gasteiger partial charge in [0.1, 0.15) is 0 Å². The normalized spacial score (nSPS) is 10.2. The van der Waals surface area contributed by atoms with E-state index in [1.54, 1.807) is 0 Å². The Morgan fingerprint density at radius 2 is 1.47 bits per heavy atom. The molecule has 0 heterocycles. The molecule has 0 aliphatic heterocycles. The van der Waals surface area contributed by atoms with Gasteiger partial charge in [0.25, 0.3) is 0 Å². The van der Waals surface area contributed by atoms with Crippen LogP contribution in [0.1, 0.15) is 13.3 Å². The Labute approximate surface area is 91.1 Å². The van der Waals surface area contributed by atoms with Gasteiger partial charge in [-0.1, -0.05) is 6.92 Å². The van der Waals surface area contributed by atoms with Crippen LogP contribution in [0.2, 0.25) is 0 Å². The summed E-state index contributed by atoms with van der Waals surface area (Å²) in [6.45, 7) is 6.29. The van der Waals surface area contributed by atoms with Crippen LogP contribution in [0, 0.1) is 0 Å². The van der Waals surface area contributed by atoms with Crippen LogP contribution >= 0.6 is 0 Å². The van der Waals surface area contributed by atoms with Crippen LogP contribution in [0.15, 0.2) is 0 Å². The fourth-order valence-electron chi connectivity index (χ4n) is 0.876. The molecule has 0 spiro atoms. The van der Waals surface area contributed by atoms with Crippen molar-refractivity contribution in [2.45, 2.75) is 13.3 Å². The minimum atomic E-state index is 0.522. The Bertz CT molecular complexity index is 133. The van der Waals surface area contributed by atoms with Crippen molar-refractivity contribution in [3.05, 3.63) is 0 Å². The molecule has 1 N–H and O–H groups in total. The van der Waals surface area contributed by atoms with Crippen molar-refractivity contribution in [3.8, 4) is 0 Å². The summed E-state index contributed by atoms with van der Waals surface area (Å²) in [4.78, 5) is 9.86. The fraction of sp³-hybridized carbons (Fsp3) is 0.900. The molecule has 0 aliphatic rings. The number of hydrogen-bond acceptors (Lipinski definition) is 4. The summed E-state index contributed by atoms with van der Waals surface area (Å²) >= 11 is 0. The molecule has 5 nitrogen and oxygen atoms in total. The molecule has 0 aromatic rings. The molecule has 5 heteroatoms. The summed E-state index contributed by atoms with van der Waals surface area (Å²) in [6, 6.07) is 0. The average Bonchev–Trinajstić information content (AvgIpc) is 2.26. The lowest BCUT2D eigenvalue weighted by atomic mass is 10.5. The third-order valence-corrected chi connectivity index (χ3v) is 1.57. The molecular formula is C10H21NO4. The van der Waals surface area contributed by atoms with E-state index in [9.17, 15) is 4.79 Å².